The van der Waals surface area contributed by atoms with E-state index in [1.54, 1.807) is 12.1 Å². The Morgan fingerprint density at radius 1 is 0.917 bits per heavy atom. The average Bonchev–Trinajstić information content (AvgIpc) is 2.92. The Hall–Kier alpha value is -3.21. The van der Waals surface area contributed by atoms with Crippen LogP contribution in [-0.4, -0.2) is 24.9 Å². The van der Waals surface area contributed by atoms with Gasteiger partial charge < -0.3 is 5.11 Å². The molecule has 118 valence electrons. The molecule has 0 spiro atoms. The summed E-state index contributed by atoms with van der Waals surface area (Å²) in [5.41, 5.74) is 3.35. The highest BCUT2D eigenvalue weighted by molar-refractivity contribution is 5.87. The van der Waals surface area contributed by atoms with Crippen molar-refractivity contribution < 1.29 is 5.11 Å². The summed E-state index contributed by atoms with van der Waals surface area (Å²) in [6.45, 7) is 3.95. The van der Waals surface area contributed by atoms with Gasteiger partial charge in [0.25, 0.3) is 0 Å². The number of aryl methyl sites for hydroxylation is 2. The van der Waals surface area contributed by atoms with Crippen LogP contribution in [0.5, 0.6) is 5.75 Å². The number of nitrogens with zero attached hydrogens (tertiary/aromatic N) is 4. The van der Waals surface area contributed by atoms with E-state index in [-0.39, 0.29) is 5.75 Å². The number of aromatic hydroxyl groups is 1. The number of phenols is 1. The molecule has 0 unspecified atom stereocenters. The summed E-state index contributed by atoms with van der Waals surface area (Å²) < 4.78 is 1.82. The standard InChI is InChI=1S/C19H16N4O/c1-12-11-13(2)23(22-12)19-14-7-3-5-9-16(14)20-18(21-19)15-8-4-6-10-17(15)24/h3-11,24H,1-2H3. The molecule has 1 N–H and O–H groups in total. The third-order valence-corrected chi connectivity index (χ3v) is 3.94. The van der Waals surface area contributed by atoms with Gasteiger partial charge >= 0.3 is 0 Å². The van der Waals surface area contributed by atoms with Crippen molar-refractivity contribution in [1.29, 1.82) is 0 Å². The van der Waals surface area contributed by atoms with Gasteiger partial charge in [0.2, 0.25) is 0 Å². The molecule has 4 aromatic rings. The van der Waals surface area contributed by atoms with Crippen LogP contribution in [0.2, 0.25) is 0 Å². The maximum absolute atomic E-state index is 10.2. The first kappa shape index (κ1) is 14.4. The van der Waals surface area contributed by atoms with Crippen molar-refractivity contribution in [2.75, 3.05) is 0 Å². The number of hydrogen-bond donors (Lipinski definition) is 1. The van der Waals surface area contributed by atoms with Crippen LogP contribution >= 0.6 is 0 Å². The summed E-state index contributed by atoms with van der Waals surface area (Å²) in [6.07, 6.45) is 0. The molecule has 0 saturated carbocycles. The largest absolute Gasteiger partial charge is 0.507 e. The van der Waals surface area contributed by atoms with Crippen LogP contribution < -0.4 is 0 Å². The fraction of sp³-hybridized carbons (Fsp3) is 0.105. The van der Waals surface area contributed by atoms with Crippen molar-refractivity contribution in [1.82, 2.24) is 19.7 Å². The summed E-state index contributed by atoms with van der Waals surface area (Å²) in [4.78, 5) is 9.32. The second-order valence-electron chi connectivity index (χ2n) is 5.74. The number of hydrogen-bond acceptors (Lipinski definition) is 4. The number of rotatable bonds is 2. The molecule has 0 aliphatic rings. The Balaban J connectivity index is 2.05. The van der Waals surface area contributed by atoms with Crippen molar-refractivity contribution in [2.24, 2.45) is 0 Å². The second kappa shape index (κ2) is 5.45. The molecule has 2 aromatic heterocycles. The van der Waals surface area contributed by atoms with Gasteiger partial charge in [-0.3, -0.25) is 0 Å². The van der Waals surface area contributed by atoms with Gasteiger partial charge in [-0.2, -0.15) is 5.10 Å². The normalized spacial score (nSPS) is 11.1. The molecule has 5 heteroatoms. The highest BCUT2D eigenvalue weighted by Gasteiger charge is 2.15. The number of aromatic nitrogens is 4. The van der Waals surface area contributed by atoms with E-state index in [0.29, 0.717) is 17.2 Å². The van der Waals surface area contributed by atoms with Gasteiger partial charge in [-0.05, 0) is 44.2 Å². The lowest BCUT2D eigenvalue weighted by Gasteiger charge is -2.11. The van der Waals surface area contributed by atoms with E-state index in [0.717, 1.165) is 22.3 Å². The molecular weight excluding hydrogens is 300 g/mol. The molecule has 0 aliphatic carbocycles. The van der Waals surface area contributed by atoms with Crippen molar-refractivity contribution in [3.05, 3.63) is 66.0 Å². The SMILES string of the molecule is Cc1cc(C)n(-c2nc(-c3ccccc3O)nc3ccccc23)n1. The lowest BCUT2D eigenvalue weighted by atomic mass is 10.1. The first-order valence-corrected chi connectivity index (χ1v) is 7.72. The lowest BCUT2D eigenvalue weighted by molar-refractivity contribution is 0.477. The van der Waals surface area contributed by atoms with E-state index >= 15 is 0 Å². The Morgan fingerprint density at radius 2 is 1.67 bits per heavy atom. The van der Waals surface area contributed by atoms with Gasteiger partial charge in [-0.25, -0.2) is 14.6 Å². The fourth-order valence-corrected chi connectivity index (χ4v) is 2.85. The number of para-hydroxylation sites is 2. The highest BCUT2D eigenvalue weighted by Crippen LogP contribution is 2.29. The van der Waals surface area contributed by atoms with E-state index in [1.807, 2.05) is 61.0 Å². The minimum absolute atomic E-state index is 0.159. The van der Waals surface area contributed by atoms with Crippen molar-refractivity contribution in [3.63, 3.8) is 0 Å². The van der Waals surface area contributed by atoms with Crippen molar-refractivity contribution in [2.45, 2.75) is 13.8 Å². The van der Waals surface area contributed by atoms with Crippen LogP contribution in [0.1, 0.15) is 11.4 Å². The molecule has 0 saturated heterocycles. The molecule has 0 bridgehead atoms. The van der Waals surface area contributed by atoms with Gasteiger partial charge in [0.1, 0.15) is 5.75 Å². The zero-order chi connectivity index (χ0) is 16.7. The minimum atomic E-state index is 0.159. The average molecular weight is 316 g/mol. The van der Waals surface area contributed by atoms with Gasteiger partial charge in [-0.1, -0.05) is 24.3 Å². The van der Waals surface area contributed by atoms with Gasteiger partial charge in [0.05, 0.1) is 16.8 Å². The molecule has 0 atom stereocenters. The first-order valence-electron chi connectivity index (χ1n) is 7.72. The van der Waals surface area contributed by atoms with E-state index in [2.05, 4.69) is 10.1 Å². The van der Waals surface area contributed by atoms with Gasteiger partial charge in [0, 0.05) is 11.1 Å². The molecule has 4 rings (SSSR count). The van der Waals surface area contributed by atoms with Crippen molar-refractivity contribution >= 4 is 10.9 Å². The third-order valence-electron chi connectivity index (χ3n) is 3.94. The summed E-state index contributed by atoms with van der Waals surface area (Å²) >= 11 is 0. The molecule has 24 heavy (non-hydrogen) atoms. The summed E-state index contributed by atoms with van der Waals surface area (Å²) in [5, 5.41) is 15.6. The highest BCUT2D eigenvalue weighted by atomic mass is 16.3. The Bertz CT molecular complexity index is 1050. The predicted molar refractivity (Wildman–Crippen MR) is 93.2 cm³/mol. The van der Waals surface area contributed by atoms with Crippen LogP contribution in [0.4, 0.5) is 0 Å². The summed E-state index contributed by atoms with van der Waals surface area (Å²) in [6, 6.07) is 16.9. The molecule has 0 amide bonds. The van der Waals surface area contributed by atoms with Crippen LogP contribution in [-0.2, 0) is 0 Å². The van der Waals surface area contributed by atoms with E-state index in [4.69, 9.17) is 4.98 Å². The minimum Gasteiger partial charge on any atom is -0.507 e. The van der Waals surface area contributed by atoms with E-state index in [9.17, 15) is 5.11 Å². The van der Waals surface area contributed by atoms with E-state index < -0.39 is 0 Å². The van der Waals surface area contributed by atoms with Crippen molar-refractivity contribution in [3.8, 4) is 23.0 Å². The molecular formula is C19H16N4O. The molecule has 0 fully saturated rings. The predicted octanol–water partition coefficient (Wildman–Crippen LogP) is 3.80. The monoisotopic (exact) mass is 316 g/mol. The summed E-state index contributed by atoms with van der Waals surface area (Å²) in [7, 11) is 0. The number of phenolic OH excluding ortho intramolecular Hbond substituents is 1. The Labute approximate surface area is 139 Å². The molecule has 2 heterocycles. The first-order chi connectivity index (χ1) is 11.6. The van der Waals surface area contributed by atoms with E-state index in [1.165, 1.54) is 0 Å². The zero-order valence-corrected chi connectivity index (χ0v) is 13.4. The second-order valence-corrected chi connectivity index (χ2v) is 5.74. The maximum atomic E-state index is 10.2. The number of fused-ring (bicyclic) bond motifs is 1. The third kappa shape index (κ3) is 2.31. The smallest absolute Gasteiger partial charge is 0.165 e. The lowest BCUT2D eigenvalue weighted by Crippen LogP contribution is -2.05. The Morgan fingerprint density at radius 3 is 2.42 bits per heavy atom. The molecule has 0 radical (unpaired) electrons. The zero-order valence-electron chi connectivity index (χ0n) is 13.4. The van der Waals surface area contributed by atoms with Crippen LogP contribution in [0, 0.1) is 13.8 Å². The quantitative estimate of drug-likeness (QED) is 0.611. The fourth-order valence-electron chi connectivity index (χ4n) is 2.85. The molecule has 0 aliphatic heterocycles. The molecule has 5 nitrogen and oxygen atoms in total. The summed E-state index contributed by atoms with van der Waals surface area (Å²) in [5.74, 6) is 1.35. The van der Waals surface area contributed by atoms with Crippen LogP contribution in [0.25, 0.3) is 28.1 Å². The maximum Gasteiger partial charge on any atom is 0.165 e. The molecule has 2 aromatic carbocycles. The van der Waals surface area contributed by atoms with Crippen LogP contribution in [0.3, 0.4) is 0 Å². The topological polar surface area (TPSA) is 63.8 Å². The Kier molecular flexibility index (Phi) is 3.27. The van der Waals surface area contributed by atoms with Gasteiger partial charge in [0.15, 0.2) is 11.6 Å². The van der Waals surface area contributed by atoms with Crippen LogP contribution in [0.15, 0.2) is 54.6 Å². The number of benzene rings is 2. The van der Waals surface area contributed by atoms with Gasteiger partial charge in [-0.15, -0.1) is 0 Å².